The molecule has 5 heteroatoms. The van der Waals surface area contributed by atoms with Crippen molar-refractivity contribution >= 4 is 11.9 Å². The highest BCUT2D eigenvalue weighted by molar-refractivity contribution is 5.84. The minimum Gasteiger partial charge on any atom is -0.508 e. The van der Waals surface area contributed by atoms with Gasteiger partial charge in [-0.3, -0.25) is 4.79 Å². The van der Waals surface area contributed by atoms with Crippen molar-refractivity contribution in [3.05, 3.63) is 29.8 Å². The molecule has 1 atom stereocenters. The summed E-state index contributed by atoms with van der Waals surface area (Å²) in [5, 5.41) is 18.9. The molecule has 0 aliphatic carbocycles. The van der Waals surface area contributed by atoms with Gasteiger partial charge in [0.05, 0.1) is 0 Å². The van der Waals surface area contributed by atoms with E-state index in [0.717, 1.165) is 0 Å². The molecular weight excluding hydrogens is 222 g/mol. The van der Waals surface area contributed by atoms with Crippen LogP contribution in [-0.2, 0) is 9.59 Å². The Morgan fingerprint density at radius 3 is 2.35 bits per heavy atom. The van der Waals surface area contributed by atoms with E-state index in [1.54, 1.807) is 19.1 Å². The van der Waals surface area contributed by atoms with Gasteiger partial charge >= 0.3 is 5.97 Å². The molecule has 0 saturated carbocycles. The minimum absolute atomic E-state index is 0.125. The van der Waals surface area contributed by atoms with Crippen LogP contribution >= 0.6 is 0 Å². The van der Waals surface area contributed by atoms with E-state index >= 15 is 0 Å². The molecule has 0 saturated heterocycles. The molecule has 1 unspecified atom stereocenters. The van der Waals surface area contributed by atoms with Crippen molar-refractivity contribution in [1.82, 2.24) is 4.90 Å². The maximum absolute atomic E-state index is 11.4. The third kappa shape index (κ3) is 2.75. The Bertz CT molecular complexity index is 430. The van der Waals surface area contributed by atoms with E-state index in [2.05, 4.69) is 0 Å². The molecule has 2 N–H and O–H groups in total. The second kappa shape index (κ2) is 5.34. The number of carbonyl (C=O) groups is 2. The van der Waals surface area contributed by atoms with Crippen LogP contribution in [0.4, 0.5) is 0 Å². The minimum atomic E-state index is -1.16. The number of aromatic hydroxyl groups is 1. The van der Waals surface area contributed by atoms with Crippen molar-refractivity contribution in [1.29, 1.82) is 0 Å². The first-order valence-corrected chi connectivity index (χ1v) is 5.27. The fourth-order valence-corrected chi connectivity index (χ4v) is 1.74. The number of rotatable bonds is 4. The second-order valence-corrected chi connectivity index (χ2v) is 3.60. The number of hydrogen-bond donors (Lipinski definition) is 2. The van der Waals surface area contributed by atoms with Crippen molar-refractivity contribution in [3.8, 4) is 5.75 Å². The molecule has 0 spiro atoms. The molecule has 1 amide bonds. The fourth-order valence-electron chi connectivity index (χ4n) is 1.74. The van der Waals surface area contributed by atoms with Gasteiger partial charge in [-0.2, -0.15) is 0 Å². The molecule has 0 radical (unpaired) electrons. The van der Waals surface area contributed by atoms with Crippen LogP contribution in [0.25, 0.3) is 0 Å². The summed E-state index contributed by atoms with van der Waals surface area (Å²) >= 11 is 0. The number of carbonyl (C=O) groups excluding carboxylic acids is 1. The van der Waals surface area contributed by atoms with Gasteiger partial charge in [-0.05, 0) is 13.0 Å². The summed E-state index contributed by atoms with van der Waals surface area (Å²) in [6, 6.07) is 4.97. The summed E-state index contributed by atoms with van der Waals surface area (Å²) in [7, 11) is 0. The molecule has 1 rings (SSSR count). The normalized spacial score (nSPS) is 11.9. The summed E-state index contributed by atoms with van der Waals surface area (Å²) < 4.78 is 0. The fraction of sp³-hybridized carbons (Fsp3) is 0.333. The smallest absolute Gasteiger partial charge is 0.331 e. The van der Waals surface area contributed by atoms with Gasteiger partial charge in [-0.25, -0.2) is 4.79 Å². The lowest BCUT2D eigenvalue weighted by Crippen LogP contribution is -2.37. The standard InChI is InChI=1S/C12H15NO4/c1-3-13(8(2)14)11(12(16)17)9-6-4-5-7-10(9)15/h4-7,11,15H,3H2,1-2H3,(H,16,17). The van der Waals surface area contributed by atoms with E-state index < -0.39 is 12.0 Å². The Hall–Kier alpha value is -2.04. The molecule has 17 heavy (non-hydrogen) atoms. The van der Waals surface area contributed by atoms with E-state index in [1.807, 2.05) is 0 Å². The van der Waals surface area contributed by atoms with Gasteiger partial charge in [0.25, 0.3) is 0 Å². The summed E-state index contributed by atoms with van der Waals surface area (Å²) in [6.07, 6.45) is 0. The van der Waals surface area contributed by atoms with Crippen LogP contribution in [0.2, 0.25) is 0 Å². The molecule has 0 aliphatic heterocycles. The van der Waals surface area contributed by atoms with Crippen molar-refractivity contribution < 1.29 is 19.8 Å². The summed E-state index contributed by atoms with van der Waals surface area (Å²) in [6.45, 7) is 3.26. The van der Waals surface area contributed by atoms with E-state index in [-0.39, 0.29) is 23.8 Å². The number of nitrogens with zero attached hydrogens (tertiary/aromatic N) is 1. The number of likely N-dealkylation sites (N-methyl/N-ethyl adjacent to an activating group) is 1. The maximum atomic E-state index is 11.4. The Kier molecular flexibility index (Phi) is 4.09. The summed E-state index contributed by atoms with van der Waals surface area (Å²) in [4.78, 5) is 23.8. The average molecular weight is 237 g/mol. The molecule has 1 aromatic carbocycles. The van der Waals surface area contributed by atoms with Crippen LogP contribution in [0.1, 0.15) is 25.5 Å². The molecule has 0 aromatic heterocycles. The van der Waals surface area contributed by atoms with Crippen molar-refractivity contribution in [2.75, 3.05) is 6.54 Å². The number of carboxylic acid groups (broad SMARTS) is 1. The number of phenolic OH excluding ortho intramolecular Hbond substituents is 1. The van der Waals surface area contributed by atoms with Crippen LogP contribution in [0.3, 0.4) is 0 Å². The van der Waals surface area contributed by atoms with Crippen LogP contribution < -0.4 is 0 Å². The lowest BCUT2D eigenvalue weighted by atomic mass is 10.0. The van der Waals surface area contributed by atoms with Gasteiger partial charge in [-0.15, -0.1) is 0 Å². The predicted molar refractivity (Wildman–Crippen MR) is 61.5 cm³/mol. The van der Waals surface area contributed by atoms with Crippen LogP contribution in [-0.4, -0.2) is 33.5 Å². The molecular formula is C12H15NO4. The lowest BCUT2D eigenvalue weighted by molar-refractivity contribution is -0.149. The molecule has 92 valence electrons. The summed E-state index contributed by atoms with van der Waals surface area (Å²) in [5.74, 6) is -1.63. The maximum Gasteiger partial charge on any atom is 0.331 e. The Labute approximate surface area is 99.3 Å². The largest absolute Gasteiger partial charge is 0.508 e. The Morgan fingerprint density at radius 1 is 1.35 bits per heavy atom. The highest BCUT2D eigenvalue weighted by Gasteiger charge is 2.30. The van der Waals surface area contributed by atoms with Gasteiger partial charge in [0.2, 0.25) is 5.91 Å². The topological polar surface area (TPSA) is 77.8 Å². The number of hydrogen-bond acceptors (Lipinski definition) is 3. The van der Waals surface area contributed by atoms with Gasteiger partial charge in [-0.1, -0.05) is 18.2 Å². The lowest BCUT2D eigenvalue weighted by Gasteiger charge is -2.27. The first-order chi connectivity index (χ1) is 7.99. The van der Waals surface area contributed by atoms with Crippen molar-refractivity contribution in [2.45, 2.75) is 19.9 Å². The Balaban J connectivity index is 3.22. The zero-order valence-electron chi connectivity index (χ0n) is 9.75. The molecule has 1 aromatic rings. The SMILES string of the molecule is CCN(C(C)=O)C(C(=O)O)c1ccccc1O. The first kappa shape index (κ1) is 13.0. The zero-order chi connectivity index (χ0) is 13.0. The second-order valence-electron chi connectivity index (χ2n) is 3.60. The van der Waals surface area contributed by atoms with Gasteiger partial charge in [0.15, 0.2) is 6.04 Å². The van der Waals surface area contributed by atoms with Crippen LogP contribution in [0.5, 0.6) is 5.75 Å². The van der Waals surface area contributed by atoms with E-state index in [9.17, 15) is 19.8 Å². The van der Waals surface area contributed by atoms with Crippen LogP contribution in [0, 0.1) is 0 Å². The number of aliphatic carboxylic acids is 1. The molecule has 5 nitrogen and oxygen atoms in total. The number of para-hydroxylation sites is 1. The van der Waals surface area contributed by atoms with Crippen molar-refractivity contribution in [3.63, 3.8) is 0 Å². The number of amides is 1. The molecule has 0 aliphatic rings. The highest BCUT2D eigenvalue weighted by atomic mass is 16.4. The molecule has 0 heterocycles. The third-order valence-electron chi connectivity index (χ3n) is 2.52. The van der Waals surface area contributed by atoms with Gasteiger partial charge < -0.3 is 15.1 Å². The number of benzene rings is 1. The summed E-state index contributed by atoms with van der Waals surface area (Å²) in [5.41, 5.74) is 0.219. The van der Waals surface area contributed by atoms with E-state index in [1.165, 1.54) is 24.0 Å². The average Bonchev–Trinajstić information content (AvgIpc) is 2.26. The predicted octanol–water partition coefficient (Wildman–Crippen LogP) is 1.39. The third-order valence-corrected chi connectivity index (χ3v) is 2.52. The first-order valence-electron chi connectivity index (χ1n) is 5.27. The van der Waals surface area contributed by atoms with Crippen LogP contribution in [0.15, 0.2) is 24.3 Å². The quantitative estimate of drug-likeness (QED) is 0.829. The highest BCUT2D eigenvalue weighted by Crippen LogP contribution is 2.28. The monoisotopic (exact) mass is 237 g/mol. The molecule has 0 fully saturated rings. The van der Waals surface area contributed by atoms with E-state index in [4.69, 9.17) is 0 Å². The van der Waals surface area contributed by atoms with Gasteiger partial charge in [0.1, 0.15) is 5.75 Å². The number of carboxylic acids is 1. The number of phenols is 1. The van der Waals surface area contributed by atoms with Gasteiger partial charge in [0, 0.05) is 19.0 Å². The van der Waals surface area contributed by atoms with E-state index in [0.29, 0.717) is 0 Å². The zero-order valence-corrected chi connectivity index (χ0v) is 9.75. The Morgan fingerprint density at radius 2 is 1.94 bits per heavy atom. The van der Waals surface area contributed by atoms with Crippen molar-refractivity contribution in [2.24, 2.45) is 0 Å². The molecule has 0 bridgehead atoms.